The molecule has 94 valence electrons. The highest BCUT2D eigenvalue weighted by molar-refractivity contribution is 5.66. The van der Waals surface area contributed by atoms with E-state index in [1.165, 1.54) is 6.07 Å². The van der Waals surface area contributed by atoms with Gasteiger partial charge >= 0.3 is 5.63 Å². The number of aromatic hydroxyl groups is 1. The Kier molecular flexibility index (Phi) is 4.78. The largest absolute Gasteiger partial charge is 0.507 e. The van der Waals surface area contributed by atoms with Crippen molar-refractivity contribution in [1.82, 2.24) is 5.48 Å². The summed E-state index contributed by atoms with van der Waals surface area (Å²) in [5.41, 5.74) is 2.49. The molecule has 0 aliphatic heterocycles. The van der Waals surface area contributed by atoms with Gasteiger partial charge in [-0.1, -0.05) is 13.0 Å². The van der Waals surface area contributed by atoms with Gasteiger partial charge in [-0.2, -0.15) is 0 Å². The summed E-state index contributed by atoms with van der Waals surface area (Å²) in [7, 11) is 0. The smallest absolute Gasteiger partial charge is 0.349 e. The molecule has 0 atom stereocenters. The monoisotopic (exact) mass is 239 g/mol. The Balaban J connectivity index is 3.17. The number of hydrogen-bond acceptors (Lipinski definition) is 5. The number of rotatable bonds is 5. The summed E-state index contributed by atoms with van der Waals surface area (Å²) in [5.74, 6) is 0.335. The van der Waals surface area contributed by atoms with Crippen LogP contribution in [0, 0.1) is 0 Å². The van der Waals surface area contributed by atoms with E-state index < -0.39 is 5.63 Å². The summed E-state index contributed by atoms with van der Waals surface area (Å²) in [4.78, 5) is 16.7. The standard InChI is InChI=1S/C12H17NO4/c1-4-8-7-10(14)11(12(15)17-8)9(5-2)13-16-6-3/h5,7,13-14H,4,6H2,1-3H3. The van der Waals surface area contributed by atoms with Gasteiger partial charge in [0.1, 0.15) is 17.1 Å². The zero-order valence-electron chi connectivity index (χ0n) is 10.2. The molecule has 5 nitrogen and oxygen atoms in total. The lowest BCUT2D eigenvalue weighted by molar-refractivity contribution is 0.0895. The molecular weight excluding hydrogens is 222 g/mol. The van der Waals surface area contributed by atoms with Crippen LogP contribution in [0.3, 0.4) is 0 Å². The third-order valence-electron chi connectivity index (χ3n) is 2.21. The number of hydroxylamine groups is 1. The van der Waals surface area contributed by atoms with Crippen LogP contribution in [0.5, 0.6) is 5.75 Å². The SMILES string of the molecule is CC=C(NOCC)c1c(O)cc(CC)oc1=O. The van der Waals surface area contributed by atoms with E-state index in [-0.39, 0.29) is 11.3 Å². The molecule has 0 radical (unpaired) electrons. The molecule has 0 saturated carbocycles. The topological polar surface area (TPSA) is 71.7 Å². The van der Waals surface area contributed by atoms with E-state index in [0.29, 0.717) is 24.5 Å². The molecular formula is C12H17NO4. The van der Waals surface area contributed by atoms with Gasteiger partial charge in [-0.3, -0.25) is 10.3 Å². The highest BCUT2D eigenvalue weighted by atomic mass is 16.6. The van der Waals surface area contributed by atoms with Crippen molar-refractivity contribution in [3.8, 4) is 5.75 Å². The van der Waals surface area contributed by atoms with Crippen LogP contribution in [0.1, 0.15) is 32.1 Å². The molecule has 0 aromatic carbocycles. The summed E-state index contributed by atoms with van der Waals surface area (Å²) in [5, 5.41) is 9.81. The van der Waals surface area contributed by atoms with Gasteiger partial charge in [0.2, 0.25) is 0 Å². The Bertz CT molecular complexity index is 462. The fourth-order valence-corrected chi connectivity index (χ4v) is 1.36. The van der Waals surface area contributed by atoms with Gasteiger partial charge in [0, 0.05) is 12.5 Å². The van der Waals surface area contributed by atoms with Gasteiger partial charge in [0.05, 0.1) is 12.3 Å². The minimum Gasteiger partial charge on any atom is -0.507 e. The van der Waals surface area contributed by atoms with Crippen molar-refractivity contribution >= 4 is 5.70 Å². The molecule has 1 aromatic heterocycles. The highest BCUT2D eigenvalue weighted by Crippen LogP contribution is 2.21. The van der Waals surface area contributed by atoms with E-state index in [9.17, 15) is 9.90 Å². The maximum absolute atomic E-state index is 11.7. The lowest BCUT2D eigenvalue weighted by atomic mass is 10.1. The third kappa shape index (κ3) is 3.10. The van der Waals surface area contributed by atoms with Crippen LogP contribution in [0.4, 0.5) is 0 Å². The molecule has 0 aliphatic carbocycles. The Morgan fingerprint density at radius 1 is 1.59 bits per heavy atom. The molecule has 2 N–H and O–H groups in total. The molecule has 1 heterocycles. The lowest BCUT2D eigenvalue weighted by Gasteiger charge is -2.10. The van der Waals surface area contributed by atoms with Crippen LogP contribution >= 0.6 is 0 Å². The predicted octanol–water partition coefficient (Wildman–Crippen LogP) is 1.81. The normalized spacial score (nSPS) is 11.6. The summed E-state index contributed by atoms with van der Waals surface area (Å²) in [6, 6.07) is 1.44. The fraction of sp³-hybridized carbons (Fsp3) is 0.417. The Morgan fingerprint density at radius 2 is 2.29 bits per heavy atom. The number of allylic oxidation sites excluding steroid dienone is 1. The molecule has 0 amide bonds. The average molecular weight is 239 g/mol. The molecule has 0 spiro atoms. The lowest BCUT2D eigenvalue weighted by Crippen LogP contribution is -2.19. The molecule has 0 unspecified atom stereocenters. The van der Waals surface area contributed by atoms with E-state index in [1.807, 2.05) is 13.8 Å². The second kappa shape index (κ2) is 6.10. The van der Waals surface area contributed by atoms with Crippen LogP contribution in [0.15, 0.2) is 21.4 Å². The van der Waals surface area contributed by atoms with Crippen molar-refractivity contribution < 1.29 is 14.4 Å². The van der Waals surface area contributed by atoms with Crippen molar-refractivity contribution in [3.63, 3.8) is 0 Å². The predicted molar refractivity (Wildman–Crippen MR) is 64.4 cm³/mol. The van der Waals surface area contributed by atoms with Crippen LogP contribution in [0.2, 0.25) is 0 Å². The fourth-order valence-electron chi connectivity index (χ4n) is 1.36. The van der Waals surface area contributed by atoms with Gasteiger partial charge in [-0.25, -0.2) is 4.79 Å². The quantitative estimate of drug-likeness (QED) is 0.767. The number of nitrogens with one attached hydrogen (secondary N) is 1. The van der Waals surface area contributed by atoms with Gasteiger partial charge in [0.25, 0.3) is 0 Å². The highest BCUT2D eigenvalue weighted by Gasteiger charge is 2.14. The second-order valence-electron chi connectivity index (χ2n) is 3.35. The van der Waals surface area contributed by atoms with E-state index in [0.717, 1.165) is 0 Å². The Morgan fingerprint density at radius 3 is 2.76 bits per heavy atom. The minimum atomic E-state index is -0.581. The zero-order chi connectivity index (χ0) is 12.8. The molecule has 0 fully saturated rings. The first-order valence-corrected chi connectivity index (χ1v) is 5.54. The number of aryl methyl sites for hydroxylation is 1. The van der Waals surface area contributed by atoms with Gasteiger partial charge in [-0.05, 0) is 13.8 Å². The van der Waals surface area contributed by atoms with Crippen molar-refractivity contribution in [1.29, 1.82) is 0 Å². The Labute approximate surface area is 99.7 Å². The molecule has 5 heteroatoms. The van der Waals surface area contributed by atoms with E-state index in [1.54, 1.807) is 13.0 Å². The molecule has 17 heavy (non-hydrogen) atoms. The molecule has 1 aromatic rings. The van der Waals surface area contributed by atoms with Crippen LogP contribution in [-0.4, -0.2) is 11.7 Å². The van der Waals surface area contributed by atoms with Crippen LogP contribution in [-0.2, 0) is 11.3 Å². The van der Waals surface area contributed by atoms with Gasteiger partial charge in [0.15, 0.2) is 0 Å². The third-order valence-corrected chi connectivity index (χ3v) is 2.21. The summed E-state index contributed by atoms with van der Waals surface area (Å²) < 4.78 is 5.05. The molecule has 0 aliphatic rings. The first-order chi connectivity index (χ1) is 8.13. The summed E-state index contributed by atoms with van der Waals surface area (Å²) >= 11 is 0. The van der Waals surface area contributed by atoms with Crippen molar-refractivity contribution in [2.24, 2.45) is 0 Å². The second-order valence-corrected chi connectivity index (χ2v) is 3.35. The van der Waals surface area contributed by atoms with Gasteiger partial charge < -0.3 is 9.52 Å². The van der Waals surface area contributed by atoms with E-state index >= 15 is 0 Å². The van der Waals surface area contributed by atoms with Crippen molar-refractivity contribution in [2.45, 2.75) is 27.2 Å². The Hall–Kier alpha value is -1.75. The first kappa shape index (κ1) is 13.3. The van der Waals surface area contributed by atoms with Gasteiger partial charge in [-0.15, -0.1) is 0 Å². The maximum Gasteiger partial charge on any atom is 0.349 e. The molecule has 0 saturated heterocycles. The van der Waals surface area contributed by atoms with Crippen molar-refractivity contribution in [3.05, 3.63) is 33.9 Å². The summed E-state index contributed by atoms with van der Waals surface area (Å²) in [6.45, 7) is 5.82. The van der Waals surface area contributed by atoms with E-state index in [4.69, 9.17) is 9.25 Å². The number of hydrogen-bond donors (Lipinski definition) is 2. The molecule has 1 rings (SSSR count). The zero-order valence-corrected chi connectivity index (χ0v) is 10.2. The first-order valence-electron chi connectivity index (χ1n) is 5.54. The molecule has 0 bridgehead atoms. The average Bonchev–Trinajstić information content (AvgIpc) is 2.32. The summed E-state index contributed by atoms with van der Waals surface area (Å²) in [6.07, 6.45) is 2.18. The van der Waals surface area contributed by atoms with Crippen molar-refractivity contribution in [2.75, 3.05) is 6.61 Å². The van der Waals surface area contributed by atoms with E-state index in [2.05, 4.69) is 5.48 Å². The maximum atomic E-state index is 11.7. The minimum absolute atomic E-state index is 0.0816. The van der Waals surface area contributed by atoms with Crippen LogP contribution < -0.4 is 11.1 Å². The van der Waals surface area contributed by atoms with Crippen LogP contribution in [0.25, 0.3) is 5.70 Å².